The second kappa shape index (κ2) is 3.69. The van der Waals surface area contributed by atoms with Crippen molar-refractivity contribution in [1.29, 1.82) is 0 Å². The normalized spacial score (nSPS) is 13.2. The molecule has 0 unspecified atom stereocenters. The van der Waals surface area contributed by atoms with Gasteiger partial charge in [-0.1, -0.05) is 12.6 Å². The summed E-state index contributed by atoms with van der Waals surface area (Å²) in [6.45, 7) is 15.0. The maximum Gasteiger partial charge on any atom is 0.197 e. The van der Waals surface area contributed by atoms with E-state index in [1.165, 1.54) is 6.04 Å². The summed E-state index contributed by atoms with van der Waals surface area (Å²) in [5.74, 6) is 0. The molecule has 0 bridgehead atoms. The van der Waals surface area contributed by atoms with E-state index in [2.05, 4.69) is 39.7 Å². The molecule has 0 heterocycles. The molecule has 0 saturated carbocycles. The van der Waals surface area contributed by atoms with Gasteiger partial charge in [0.25, 0.3) is 0 Å². The van der Waals surface area contributed by atoms with Crippen molar-refractivity contribution in [1.82, 2.24) is 0 Å². The van der Waals surface area contributed by atoms with Crippen molar-refractivity contribution in [2.24, 2.45) is 0 Å². The van der Waals surface area contributed by atoms with Gasteiger partial charge in [0.05, 0.1) is 0 Å². The molecule has 0 aliphatic heterocycles. The molecule has 0 amide bonds. The molecule has 0 N–H and O–H groups in total. The standard InChI is InChI=1S/C8H20OSi2/c1-7-10(3,4)9-11(5,6)8-2/h7H,1,8H2,2-6H3. The van der Waals surface area contributed by atoms with Crippen LogP contribution in [0.5, 0.6) is 0 Å². The highest BCUT2D eigenvalue weighted by molar-refractivity contribution is 6.87. The summed E-state index contributed by atoms with van der Waals surface area (Å²) in [6.07, 6.45) is 0. The van der Waals surface area contributed by atoms with Crippen LogP contribution >= 0.6 is 0 Å². The lowest BCUT2D eigenvalue weighted by atomic mass is 11.0. The smallest absolute Gasteiger partial charge is 0.197 e. The molecular formula is C8H20OSi2. The molecule has 0 fully saturated rings. The Bertz CT molecular complexity index is 141. The predicted octanol–water partition coefficient (Wildman–Crippen LogP) is 3.16. The largest absolute Gasteiger partial charge is 0.453 e. The summed E-state index contributed by atoms with van der Waals surface area (Å²) >= 11 is 0. The number of rotatable bonds is 4. The SMILES string of the molecule is C=C[Si](C)(C)O[Si](C)(C)CC. The quantitative estimate of drug-likeness (QED) is 0.616. The number of hydrogen-bond donors (Lipinski definition) is 0. The zero-order chi connectivity index (χ0) is 9.12. The van der Waals surface area contributed by atoms with Crippen LogP contribution in [0, 0.1) is 0 Å². The van der Waals surface area contributed by atoms with E-state index in [4.69, 9.17) is 4.12 Å². The zero-order valence-corrected chi connectivity index (χ0v) is 10.4. The van der Waals surface area contributed by atoms with E-state index in [1.54, 1.807) is 0 Å². The minimum absolute atomic E-state index is 1.19. The third-order valence-electron chi connectivity index (χ3n) is 1.88. The van der Waals surface area contributed by atoms with Crippen molar-refractivity contribution in [2.75, 3.05) is 0 Å². The molecule has 0 aromatic heterocycles. The van der Waals surface area contributed by atoms with E-state index in [0.29, 0.717) is 0 Å². The van der Waals surface area contributed by atoms with Gasteiger partial charge in [-0.2, -0.15) is 0 Å². The average Bonchev–Trinajstić information content (AvgIpc) is 1.86. The van der Waals surface area contributed by atoms with Crippen LogP contribution in [-0.4, -0.2) is 16.6 Å². The van der Waals surface area contributed by atoms with Crippen LogP contribution in [0.1, 0.15) is 6.92 Å². The van der Waals surface area contributed by atoms with Crippen LogP contribution in [0.15, 0.2) is 12.3 Å². The molecular weight excluding hydrogens is 168 g/mol. The molecule has 0 rings (SSSR count). The molecule has 0 aliphatic rings. The third kappa shape index (κ3) is 4.55. The van der Waals surface area contributed by atoms with E-state index >= 15 is 0 Å². The van der Waals surface area contributed by atoms with Crippen molar-refractivity contribution < 1.29 is 4.12 Å². The molecule has 11 heavy (non-hydrogen) atoms. The van der Waals surface area contributed by atoms with Crippen molar-refractivity contribution in [2.45, 2.75) is 39.2 Å². The minimum atomic E-state index is -1.51. The Labute approximate surface area is 72.7 Å². The summed E-state index contributed by atoms with van der Waals surface area (Å²) in [4.78, 5) is 0. The van der Waals surface area contributed by atoms with E-state index in [0.717, 1.165) is 0 Å². The monoisotopic (exact) mass is 188 g/mol. The second-order valence-electron chi connectivity index (χ2n) is 4.02. The van der Waals surface area contributed by atoms with Gasteiger partial charge >= 0.3 is 0 Å². The maximum atomic E-state index is 6.08. The first kappa shape index (κ1) is 11.1. The lowest BCUT2D eigenvalue weighted by Crippen LogP contribution is -2.42. The van der Waals surface area contributed by atoms with Crippen LogP contribution in [0.25, 0.3) is 0 Å². The Hall–Kier alpha value is 0.134. The highest BCUT2D eigenvalue weighted by Crippen LogP contribution is 2.17. The van der Waals surface area contributed by atoms with Crippen molar-refractivity contribution >= 4 is 16.6 Å². The second-order valence-corrected chi connectivity index (χ2v) is 12.7. The molecule has 66 valence electrons. The minimum Gasteiger partial charge on any atom is -0.453 e. The molecule has 0 radical (unpaired) electrons. The van der Waals surface area contributed by atoms with Gasteiger partial charge in [-0.3, -0.25) is 0 Å². The molecule has 0 aliphatic carbocycles. The Morgan fingerprint density at radius 2 is 1.73 bits per heavy atom. The topological polar surface area (TPSA) is 9.23 Å². The molecule has 1 nitrogen and oxygen atoms in total. The zero-order valence-electron chi connectivity index (χ0n) is 8.40. The van der Waals surface area contributed by atoms with Crippen LogP contribution in [0.4, 0.5) is 0 Å². The van der Waals surface area contributed by atoms with Crippen LogP contribution in [0.2, 0.25) is 32.2 Å². The van der Waals surface area contributed by atoms with Gasteiger partial charge in [-0.05, 0) is 32.2 Å². The van der Waals surface area contributed by atoms with Gasteiger partial charge in [-0.25, -0.2) is 0 Å². The van der Waals surface area contributed by atoms with Gasteiger partial charge < -0.3 is 4.12 Å². The maximum absolute atomic E-state index is 6.08. The van der Waals surface area contributed by atoms with Crippen LogP contribution < -0.4 is 0 Å². The first-order chi connectivity index (χ1) is 4.83. The Morgan fingerprint density at radius 3 is 2.00 bits per heavy atom. The van der Waals surface area contributed by atoms with Gasteiger partial charge in [0.15, 0.2) is 16.6 Å². The Kier molecular flexibility index (Phi) is 3.74. The van der Waals surface area contributed by atoms with Crippen LogP contribution in [0.3, 0.4) is 0 Å². The predicted molar refractivity (Wildman–Crippen MR) is 56.7 cm³/mol. The molecule has 0 saturated heterocycles. The summed E-state index contributed by atoms with van der Waals surface area (Å²) in [5.41, 5.74) is 2.01. The first-order valence-corrected chi connectivity index (χ1v) is 10.3. The highest BCUT2D eigenvalue weighted by Gasteiger charge is 2.28. The van der Waals surface area contributed by atoms with E-state index in [9.17, 15) is 0 Å². The Balaban J connectivity index is 4.12. The summed E-state index contributed by atoms with van der Waals surface area (Å²) < 4.78 is 6.08. The summed E-state index contributed by atoms with van der Waals surface area (Å²) in [6, 6.07) is 1.19. The highest BCUT2D eigenvalue weighted by atomic mass is 28.4. The lowest BCUT2D eigenvalue weighted by molar-refractivity contribution is 0.556. The molecule has 0 atom stereocenters. The van der Waals surface area contributed by atoms with Gasteiger partial charge in [0, 0.05) is 0 Å². The van der Waals surface area contributed by atoms with Gasteiger partial charge in [0.1, 0.15) is 0 Å². The van der Waals surface area contributed by atoms with E-state index in [-0.39, 0.29) is 0 Å². The molecule has 0 aromatic carbocycles. The van der Waals surface area contributed by atoms with E-state index in [1.807, 2.05) is 5.70 Å². The van der Waals surface area contributed by atoms with Crippen LogP contribution in [-0.2, 0) is 4.12 Å². The molecule has 3 heteroatoms. The van der Waals surface area contributed by atoms with Crippen molar-refractivity contribution in [3.63, 3.8) is 0 Å². The lowest BCUT2D eigenvalue weighted by Gasteiger charge is -2.30. The van der Waals surface area contributed by atoms with Gasteiger partial charge in [0.2, 0.25) is 0 Å². The molecule has 0 aromatic rings. The summed E-state index contributed by atoms with van der Waals surface area (Å²) in [5, 5.41) is 0. The fraction of sp³-hybridized carbons (Fsp3) is 0.750. The Morgan fingerprint density at radius 1 is 1.27 bits per heavy atom. The molecule has 0 spiro atoms. The van der Waals surface area contributed by atoms with Gasteiger partial charge in [-0.15, -0.1) is 6.58 Å². The average molecular weight is 188 g/mol. The van der Waals surface area contributed by atoms with E-state index < -0.39 is 16.6 Å². The first-order valence-electron chi connectivity index (χ1n) is 4.17. The van der Waals surface area contributed by atoms with Crippen molar-refractivity contribution in [3.8, 4) is 0 Å². The fourth-order valence-electron chi connectivity index (χ4n) is 0.826. The number of hydrogen-bond acceptors (Lipinski definition) is 1. The van der Waals surface area contributed by atoms with Crippen molar-refractivity contribution in [3.05, 3.63) is 12.3 Å². The summed E-state index contributed by atoms with van der Waals surface area (Å²) in [7, 11) is -2.85. The fourth-order valence-corrected chi connectivity index (χ4v) is 7.43. The third-order valence-corrected chi connectivity index (χ3v) is 8.88.